The van der Waals surface area contributed by atoms with Gasteiger partial charge in [-0.3, -0.25) is 15.1 Å². The van der Waals surface area contributed by atoms with Crippen LogP contribution in [0.5, 0.6) is 0 Å². The van der Waals surface area contributed by atoms with Crippen LogP contribution in [-0.2, 0) is 0 Å². The number of aryl methyl sites for hydroxylation is 1. The number of rotatable bonds is 9. The average Bonchev–Trinajstić information content (AvgIpc) is 3.59. The van der Waals surface area contributed by atoms with Crippen LogP contribution >= 0.6 is 0 Å². The summed E-state index contributed by atoms with van der Waals surface area (Å²) >= 11 is 0. The van der Waals surface area contributed by atoms with E-state index < -0.39 is 0 Å². The van der Waals surface area contributed by atoms with E-state index in [1.807, 2.05) is 49.1 Å². The predicted molar refractivity (Wildman–Crippen MR) is 169 cm³/mol. The lowest BCUT2D eigenvalue weighted by Crippen LogP contribution is -2.10. The summed E-state index contributed by atoms with van der Waals surface area (Å²) in [4.78, 5) is 12.3. The number of benzene rings is 1. The Morgan fingerprint density at radius 2 is 1.83 bits per heavy atom. The molecule has 4 aromatic heterocycles. The van der Waals surface area contributed by atoms with Gasteiger partial charge in [0.1, 0.15) is 5.69 Å². The van der Waals surface area contributed by atoms with Gasteiger partial charge < -0.3 is 10.3 Å². The summed E-state index contributed by atoms with van der Waals surface area (Å²) in [6.07, 6.45) is 19.0. The second kappa shape index (κ2) is 11.8. The normalized spacial score (nSPS) is 14.3. The quantitative estimate of drug-likeness (QED) is 0.163. The molecule has 1 aromatic carbocycles. The van der Waals surface area contributed by atoms with Gasteiger partial charge in [-0.1, -0.05) is 63.5 Å². The molecule has 6 rings (SSSR count). The molecule has 206 valence electrons. The number of hydrogen-bond acceptors (Lipinski definition) is 4. The van der Waals surface area contributed by atoms with Crippen LogP contribution in [0.1, 0.15) is 55.3 Å². The van der Waals surface area contributed by atoms with Crippen LogP contribution in [0.25, 0.3) is 39.0 Å². The Labute approximate surface area is 241 Å². The zero-order chi connectivity index (χ0) is 28.2. The Balaban J connectivity index is 1.28. The highest BCUT2D eigenvalue weighted by Crippen LogP contribution is 2.35. The summed E-state index contributed by atoms with van der Waals surface area (Å²) < 4.78 is 0. The lowest BCUT2D eigenvalue weighted by Gasteiger charge is -2.22. The van der Waals surface area contributed by atoms with Gasteiger partial charge in [-0.05, 0) is 72.4 Å². The van der Waals surface area contributed by atoms with Crippen LogP contribution in [0, 0.1) is 12.8 Å². The fourth-order valence-electron chi connectivity index (χ4n) is 6.02. The molecule has 0 bridgehead atoms. The Kier molecular flexibility index (Phi) is 7.63. The molecule has 41 heavy (non-hydrogen) atoms. The summed E-state index contributed by atoms with van der Waals surface area (Å²) in [5, 5.41) is 12.5. The number of aromatic nitrogens is 5. The number of H-pyrrole nitrogens is 2. The van der Waals surface area contributed by atoms with Crippen molar-refractivity contribution in [3.63, 3.8) is 0 Å². The van der Waals surface area contributed by atoms with Crippen LogP contribution in [0.3, 0.4) is 0 Å². The van der Waals surface area contributed by atoms with Crippen molar-refractivity contribution < 1.29 is 0 Å². The van der Waals surface area contributed by atoms with E-state index in [-0.39, 0.29) is 0 Å². The SMILES string of the molecule is C=C/C=C(/c1ccncc1)c1cc(-c2n[nH]c3ccc(-c4cncc(NC(=C)CC5CCCCC5)c4)cc23)[nH]c1C. The maximum Gasteiger partial charge on any atom is 0.116 e. The van der Waals surface area contributed by atoms with Gasteiger partial charge in [-0.15, -0.1) is 0 Å². The van der Waals surface area contributed by atoms with E-state index in [4.69, 9.17) is 5.10 Å². The molecule has 3 N–H and O–H groups in total. The van der Waals surface area contributed by atoms with Gasteiger partial charge in [-0.2, -0.15) is 5.10 Å². The van der Waals surface area contributed by atoms with E-state index in [1.165, 1.54) is 32.1 Å². The van der Waals surface area contributed by atoms with E-state index in [0.29, 0.717) is 0 Å². The number of nitrogens with one attached hydrogen (secondary N) is 3. The van der Waals surface area contributed by atoms with Crippen molar-refractivity contribution in [2.45, 2.75) is 45.4 Å². The first-order valence-electron chi connectivity index (χ1n) is 14.4. The molecule has 4 heterocycles. The second-order valence-corrected chi connectivity index (χ2v) is 11.0. The summed E-state index contributed by atoms with van der Waals surface area (Å²) in [6, 6.07) is 14.7. The zero-order valence-corrected chi connectivity index (χ0v) is 23.6. The number of pyridine rings is 2. The number of allylic oxidation sites excluding steroid dienone is 3. The van der Waals surface area contributed by atoms with Crippen molar-refractivity contribution in [1.82, 2.24) is 25.1 Å². The number of nitrogens with zero attached hydrogens (tertiary/aromatic N) is 3. The molecule has 0 atom stereocenters. The first-order valence-corrected chi connectivity index (χ1v) is 14.4. The molecule has 6 heteroatoms. The third-order valence-corrected chi connectivity index (χ3v) is 8.05. The molecule has 0 saturated heterocycles. The molecule has 0 aliphatic heterocycles. The van der Waals surface area contributed by atoms with Gasteiger partial charge in [0.15, 0.2) is 0 Å². The molecule has 1 aliphatic carbocycles. The predicted octanol–water partition coefficient (Wildman–Crippen LogP) is 8.84. The summed E-state index contributed by atoms with van der Waals surface area (Å²) in [5.74, 6) is 0.743. The van der Waals surface area contributed by atoms with E-state index in [0.717, 1.165) is 79.5 Å². The average molecular weight is 541 g/mol. The Hall–Kier alpha value is -4.71. The van der Waals surface area contributed by atoms with Crippen molar-refractivity contribution in [3.05, 3.63) is 115 Å². The molecule has 0 amide bonds. The van der Waals surface area contributed by atoms with Gasteiger partial charge in [0.2, 0.25) is 0 Å². The molecule has 0 spiro atoms. The second-order valence-electron chi connectivity index (χ2n) is 11.0. The van der Waals surface area contributed by atoms with E-state index in [2.05, 4.69) is 75.8 Å². The first-order chi connectivity index (χ1) is 20.1. The van der Waals surface area contributed by atoms with Gasteiger partial charge >= 0.3 is 0 Å². The molecule has 5 aromatic rings. The van der Waals surface area contributed by atoms with Crippen molar-refractivity contribution in [1.29, 1.82) is 0 Å². The van der Waals surface area contributed by atoms with Crippen LogP contribution in [0.4, 0.5) is 5.69 Å². The summed E-state index contributed by atoms with van der Waals surface area (Å²) in [7, 11) is 0. The minimum Gasteiger partial charge on any atom is -0.358 e. The number of fused-ring (bicyclic) bond motifs is 1. The first kappa shape index (κ1) is 26.5. The van der Waals surface area contributed by atoms with Crippen LogP contribution in [-0.4, -0.2) is 25.1 Å². The van der Waals surface area contributed by atoms with E-state index >= 15 is 0 Å². The minimum atomic E-state index is 0.743. The fraction of sp³-hybridized carbons (Fsp3) is 0.229. The number of aromatic amines is 2. The molecule has 1 fully saturated rings. The lowest BCUT2D eigenvalue weighted by molar-refractivity contribution is 0.357. The Morgan fingerprint density at radius 3 is 2.63 bits per heavy atom. The summed E-state index contributed by atoms with van der Waals surface area (Å²) in [5.41, 5.74) is 11.3. The highest BCUT2D eigenvalue weighted by molar-refractivity contribution is 5.96. The van der Waals surface area contributed by atoms with Gasteiger partial charge in [0.25, 0.3) is 0 Å². The van der Waals surface area contributed by atoms with Gasteiger partial charge in [-0.25, -0.2) is 0 Å². The molecular formula is C35H36N6. The highest BCUT2D eigenvalue weighted by Gasteiger charge is 2.17. The minimum absolute atomic E-state index is 0.743. The summed E-state index contributed by atoms with van der Waals surface area (Å²) in [6.45, 7) is 10.3. The lowest BCUT2D eigenvalue weighted by atomic mass is 9.86. The van der Waals surface area contributed by atoms with Gasteiger partial charge in [0.05, 0.1) is 23.1 Å². The molecule has 1 aliphatic rings. The topological polar surface area (TPSA) is 82.3 Å². The molecule has 0 unspecified atom stereocenters. The third kappa shape index (κ3) is 5.78. The van der Waals surface area contributed by atoms with Gasteiger partial charge in [0, 0.05) is 46.5 Å². The fourth-order valence-corrected chi connectivity index (χ4v) is 6.02. The van der Waals surface area contributed by atoms with E-state index in [9.17, 15) is 0 Å². The monoisotopic (exact) mass is 540 g/mol. The zero-order valence-electron chi connectivity index (χ0n) is 23.6. The van der Waals surface area contributed by atoms with Crippen LogP contribution < -0.4 is 5.32 Å². The Morgan fingerprint density at radius 1 is 1.00 bits per heavy atom. The van der Waals surface area contributed by atoms with E-state index in [1.54, 1.807) is 0 Å². The largest absolute Gasteiger partial charge is 0.358 e. The highest BCUT2D eigenvalue weighted by atomic mass is 15.1. The van der Waals surface area contributed by atoms with Crippen LogP contribution in [0.15, 0.2) is 98.3 Å². The maximum atomic E-state index is 4.70. The Bertz CT molecular complexity index is 1720. The molecular weight excluding hydrogens is 504 g/mol. The maximum absolute atomic E-state index is 4.70. The smallest absolute Gasteiger partial charge is 0.116 e. The molecule has 0 radical (unpaired) electrons. The third-order valence-electron chi connectivity index (χ3n) is 8.05. The van der Waals surface area contributed by atoms with Crippen molar-refractivity contribution in [2.75, 3.05) is 5.32 Å². The van der Waals surface area contributed by atoms with Crippen molar-refractivity contribution in [3.8, 4) is 22.5 Å². The van der Waals surface area contributed by atoms with Crippen LogP contribution in [0.2, 0.25) is 0 Å². The van der Waals surface area contributed by atoms with Crippen molar-refractivity contribution >= 4 is 22.2 Å². The molecule has 1 saturated carbocycles. The van der Waals surface area contributed by atoms with Crippen molar-refractivity contribution in [2.24, 2.45) is 5.92 Å². The number of anilines is 1. The molecule has 6 nitrogen and oxygen atoms in total. The number of hydrogen-bond donors (Lipinski definition) is 3. The standard InChI is InChI=1S/C35H36N6/c1-4-8-30(26-13-15-36-16-14-26)31-20-34(39-24(31)3)35-32-19-27(11-12-33(32)40-41-35)28-18-29(22-37-21-28)38-23(2)17-25-9-6-5-7-10-25/h4,8,11-16,18-22,25,38-39H,1-2,5-7,9-10,17H2,3H3,(H,40,41)/b30-8-.